The van der Waals surface area contributed by atoms with Crippen LogP contribution in [-0.4, -0.2) is 17.9 Å². The van der Waals surface area contributed by atoms with E-state index in [4.69, 9.17) is 20.9 Å². The van der Waals surface area contributed by atoms with Crippen LogP contribution in [0.2, 0.25) is 5.02 Å². The maximum absolute atomic E-state index is 13.3. The van der Waals surface area contributed by atoms with Gasteiger partial charge in [-0.1, -0.05) is 29.8 Å². The molecule has 5 rings (SSSR count). The van der Waals surface area contributed by atoms with Crippen molar-refractivity contribution in [3.05, 3.63) is 83.8 Å². The van der Waals surface area contributed by atoms with Gasteiger partial charge >= 0.3 is 0 Å². The van der Waals surface area contributed by atoms with Crippen molar-refractivity contribution in [2.75, 3.05) is 9.96 Å². The number of hydroxylamine groups is 1. The average molecular weight is 395 g/mol. The van der Waals surface area contributed by atoms with Crippen molar-refractivity contribution in [3.63, 3.8) is 0 Å². The molecule has 1 aromatic heterocycles. The molecule has 6 nitrogen and oxygen atoms in total. The maximum Gasteiger partial charge on any atom is 0.266 e. The van der Waals surface area contributed by atoms with E-state index in [1.54, 1.807) is 72.0 Å². The number of fused-ring (bicyclic) bond motifs is 1. The number of halogens is 1. The molecule has 0 N–H and O–H groups in total. The van der Waals surface area contributed by atoms with Gasteiger partial charge in [0.1, 0.15) is 17.7 Å². The summed E-state index contributed by atoms with van der Waals surface area (Å²) in [6.07, 6.45) is 0.623. The van der Waals surface area contributed by atoms with E-state index in [0.29, 0.717) is 22.2 Å². The van der Waals surface area contributed by atoms with Gasteiger partial charge in [0.25, 0.3) is 5.91 Å². The summed E-state index contributed by atoms with van der Waals surface area (Å²) in [7, 11) is 0. The summed E-state index contributed by atoms with van der Waals surface area (Å²) in [5.74, 6) is -0.846. The first kappa shape index (κ1) is 17.0. The van der Waals surface area contributed by atoms with Gasteiger partial charge in [-0.15, -0.1) is 0 Å². The van der Waals surface area contributed by atoms with E-state index in [-0.39, 0.29) is 11.8 Å². The Hall–Kier alpha value is -3.09. The molecule has 2 aromatic carbocycles. The number of rotatable bonds is 3. The Bertz CT molecular complexity index is 1020. The van der Waals surface area contributed by atoms with E-state index in [1.807, 2.05) is 6.07 Å². The van der Waals surface area contributed by atoms with Gasteiger partial charge in [-0.25, -0.2) is 9.96 Å². The van der Waals surface area contributed by atoms with Gasteiger partial charge < -0.3 is 4.42 Å². The molecule has 0 bridgehead atoms. The lowest BCUT2D eigenvalue weighted by atomic mass is 9.94. The standard InChI is InChI=1S/C21H15ClN2O4/c22-13-8-10-15(11-9-13)24-18(16-7-4-12-27-16)17-19(28-24)21(26)23(20(17)25)14-5-2-1-3-6-14/h1-12,17-19H/t17-,18-,19+/m0/s1. The van der Waals surface area contributed by atoms with Crippen LogP contribution >= 0.6 is 11.6 Å². The van der Waals surface area contributed by atoms with Crippen molar-refractivity contribution in [2.24, 2.45) is 5.92 Å². The van der Waals surface area contributed by atoms with Gasteiger partial charge in [0.05, 0.1) is 17.6 Å². The molecule has 2 aliphatic rings. The predicted molar refractivity (Wildman–Crippen MR) is 103 cm³/mol. The minimum absolute atomic E-state index is 0.306. The number of anilines is 2. The van der Waals surface area contributed by atoms with Crippen LogP contribution in [0.4, 0.5) is 11.4 Å². The summed E-state index contributed by atoms with van der Waals surface area (Å²) >= 11 is 5.99. The zero-order valence-electron chi connectivity index (χ0n) is 14.6. The van der Waals surface area contributed by atoms with Crippen molar-refractivity contribution in [2.45, 2.75) is 12.1 Å². The Morgan fingerprint density at radius 2 is 1.57 bits per heavy atom. The number of nitrogens with zero attached hydrogens (tertiary/aromatic N) is 2. The first-order chi connectivity index (χ1) is 13.6. The number of carbonyl (C=O) groups excluding carboxylic acids is 2. The molecule has 140 valence electrons. The lowest BCUT2D eigenvalue weighted by Gasteiger charge is -2.27. The van der Waals surface area contributed by atoms with Crippen molar-refractivity contribution in [1.29, 1.82) is 0 Å². The molecule has 0 saturated carbocycles. The van der Waals surface area contributed by atoms with Crippen molar-refractivity contribution in [3.8, 4) is 0 Å². The van der Waals surface area contributed by atoms with Crippen molar-refractivity contribution in [1.82, 2.24) is 0 Å². The number of imide groups is 1. The number of amides is 2. The fourth-order valence-electron chi connectivity index (χ4n) is 3.81. The van der Waals surface area contributed by atoms with Crippen LogP contribution in [0.25, 0.3) is 0 Å². The summed E-state index contributed by atoms with van der Waals surface area (Å²) in [6, 6.07) is 18.9. The molecule has 2 saturated heterocycles. The van der Waals surface area contributed by atoms with Gasteiger partial charge in [-0.05, 0) is 48.5 Å². The van der Waals surface area contributed by atoms with Crippen LogP contribution < -0.4 is 9.96 Å². The molecule has 0 unspecified atom stereocenters. The molecule has 0 aliphatic carbocycles. The Morgan fingerprint density at radius 1 is 0.821 bits per heavy atom. The van der Waals surface area contributed by atoms with Crippen LogP contribution in [0.15, 0.2) is 77.4 Å². The predicted octanol–water partition coefficient (Wildman–Crippen LogP) is 3.98. The Labute approximate surface area is 165 Å². The summed E-state index contributed by atoms with van der Waals surface area (Å²) in [5, 5.41) is 2.16. The highest BCUT2D eigenvalue weighted by atomic mass is 35.5. The highest BCUT2D eigenvalue weighted by molar-refractivity contribution is 6.30. The first-order valence-electron chi connectivity index (χ1n) is 8.83. The van der Waals surface area contributed by atoms with Crippen LogP contribution in [0, 0.1) is 5.92 Å². The van der Waals surface area contributed by atoms with Gasteiger partial charge in [-0.3, -0.25) is 14.4 Å². The summed E-state index contributed by atoms with van der Waals surface area (Å²) in [6.45, 7) is 0. The van der Waals surface area contributed by atoms with Crippen LogP contribution in [-0.2, 0) is 14.4 Å². The number of benzene rings is 2. The molecule has 0 spiro atoms. The van der Waals surface area contributed by atoms with Gasteiger partial charge in [0.2, 0.25) is 5.91 Å². The highest BCUT2D eigenvalue weighted by Crippen LogP contribution is 2.47. The summed E-state index contributed by atoms with van der Waals surface area (Å²) < 4.78 is 5.60. The monoisotopic (exact) mass is 394 g/mol. The third-order valence-electron chi connectivity index (χ3n) is 5.05. The molecule has 3 aromatic rings. The fourth-order valence-corrected chi connectivity index (χ4v) is 3.93. The second-order valence-electron chi connectivity index (χ2n) is 6.66. The molecule has 2 aliphatic heterocycles. The smallest absolute Gasteiger partial charge is 0.266 e. The number of carbonyl (C=O) groups is 2. The zero-order chi connectivity index (χ0) is 19.3. The topological polar surface area (TPSA) is 63.0 Å². The third-order valence-corrected chi connectivity index (χ3v) is 5.30. The van der Waals surface area contributed by atoms with Gasteiger partial charge in [-0.2, -0.15) is 0 Å². The van der Waals surface area contributed by atoms with E-state index in [1.165, 1.54) is 4.90 Å². The number of furan rings is 1. The summed E-state index contributed by atoms with van der Waals surface area (Å²) in [5.41, 5.74) is 1.22. The van der Waals surface area contributed by atoms with Crippen molar-refractivity contribution >= 4 is 34.8 Å². The number of hydrogen-bond acceptors (Lipinski definition) is 5. The summed E-state index contributed by atoms with van der Waals surface area (Å²) in [4.78, 5) is 33.5. The van der Waals surface area contributed by atoms with E-state index in [2.05, 4.69) is 0 Å². The van der Waals surface area contributed by atoms with Crippen LogP contribution in [0.5, 0.6) is 0 Å². The molecular formula is C21H15ClN2O4. The Morgan fingerprint density at radius 3 is 2.25 bits per heavy atom. The second-order valence-corrected chi connectivity index (χ2v) is 7.10. The van der Waals surface area contributed by atoms with Gasteiger partial charge in [0, 0.05) is 5.02 Å². The SMILES string of the molecule is O=C1[C@@H]2[C@@H](ON(c3ccc(Cl)cc3)[C@H]2c2ccco2)C(=O)N1c1ccccc1. The average Bonchev–Trinajstić information content (AvgIpc) is 3.41. The van der Waals surface area contributed by atoms with Crippen LogP contribution in [0.3, 0.4) is 0 Å². The first-order valence-corrected chi connectivity index (χ1v) is 9.21. The molecule has 3 heterocycles. The normalized spacial score (nSPS) is 24.1. The molecule has 2 amide bonds. The molecule has 7 heteroatoms. The second kappa shape index (κ2) is 6.51. The molecule has 28 heavy (non-hydrogen) atoms. The Balaban J connectivity index is 1.57. The van der Waals surface area contributed by atoms with Crippen molar-refractivity contribution < 1.29 is 18.8 Å². The largest absolute Gasteiger partial charge is 0.467 e. The Kier molecular flexibility index (Phi) is 3.96. The fraction of sp³-hybridized carbons (Fsp3) is 0.143. The van der Waals surface area contributed by atoms with Crippen LogP contribution in [0.1, 0.15) is 11.8 Å². The van der Waals surface area contributed by atoms with E-state index >= 15 is 0 Å². The minimum atomic E-state index is -0.918. The number of hydrogen-bond donors (Lipinski definition) is 0. The molecular weight excluding hydrogens is 380 g/mol. The highest BCUT2D eigenvalue weighted by Gasteiger charge is 2.61. The minimum Gasteiger partial charge on any atom is -0.467 e. The van der Waals surface area contributed by atoms with E-state index < -0.39 is 18.1 Å². The quantitative estimate of drug-likeness (QED) is 0.629. The lowest BCUT2D eigenvalue weighted by molar-refractivity contribution is -0.126. The molecule has 2 fully saturated rings. The zero-order valence-corrected chi connectivity index (χ0v) is 15.3. The third kappa shape index (κ3) is 2.53. The maximum atomic E-state index is 13.3. The number of para-hydroxylation sites is 1. The lowest BCUT2D eigenvalue weighted by Crippen LogP contribution is -2.37. The molecule has 3 atom stereocenters. The van der Waals surface area contributed by atoms with Gasteiger partial charge in [0.15, 0.2) is 6.10 Å². The molecule has 0 radical (unpaired) electrons. The van der Waals surface area contributed by atoms with E-state index in [0.717, 1.165) is 0 Å². The van der Waals surface area contributed by atoms with E-state index in [9.17, 15) is 9.59 Å².